The van der Waals surface area contributed by atoms with Gasteiger partial charge in [0.1, 0.15) is 6.04 Å². The quantitative estimate of drug-likeness (QED) is 0.761. The van der Waals surface area contributed by atoms with E-state index in [0.29, 0.717) is 12.3 Å². The van der Waals surface area contributed by atoms with E-state index in [2.05, 4.69) is 10.3 Å². The summed E-state index contributed by atoms with van der Waals surface area (Å²) in [5, 5.41) is 13.2. The predicted octanol–water partition coefficient (Wildman–Crippen LogP) is 3.25. The van der Waals surface area contributed by atoms with Gasteiger partial charge in [-0.15, -0.1) is 0 Å². The van der Waals surface area contributed by atoms with Gasteiger partial charge < -0.3 is 15.4 Å². The van der Waals surface area contributed by atoms with Gasteiger partial charge in [-0.05, 0) is 30.4 Å². The van der Waals surface area contributed by atoms with Gasteiger partial charge in [0.15, 0.2) is 0 Å². The molecule has 1 aliphatic carbocycles. The molecule has 5 heteroatoms. The molecule has 1 aliphatic rings. The van der Waals surface area contributed by atoms with Crippen molar-refractivity contribution in [1.29, 1.82) is 0 Å². The number of aromatic nitrogens is 1. The van der Waals surface area contributed by atoms with Crippen molar-refractivity contribution in [1.82, 2.24) is 10.3 Å². The number of aliphatic carboxylic acids is 1. The predicted molar refractivity (Wildman–Crippen MR) is 92.8 cm³/mol. The molecule has 0 aliphatic heterocycles. The van der Waals surface area contributed by atoms with E-state index in [9.17, 15) is 14.7 Å². The van der Waals surface area contributed by atoms with Crippen molar-refractivity contribution >= 4 is 22.8 Å². The molecule has 0 spiro atoms. The third-order valence-electron chi connectivity index (χ3n) is 4.93. The van der Waals surface area contributed by atoms with Gasteiger partial charge in [-0.2, -0.15) is 0 Å². The molecule has 1 aromatic heterocycles. The molecule has 1 atom stereocenters. The van der Waals surface area contributed by atoms with Crippen LogP contribution < -0.4 is 5.32 Å². The number of para-hydroxylation sites is 1. The first-order valence-electron chi connectivity index (χ1n) is 8.70. The van der Waals surface area contributed by atoms with E-state index in [1.54, 1.807) is 0 Å². The highest BCUT2D eigenvalue weighted by molar-refractivity contribution is 5.86. The Morgan fingerprint density at radius 1 is 1.21 bits per heavy atom. The lowest BCUT2D eigenvalue weighted by molar-refractivity contribution is -0.142. The average molecular weight is 328 g/mol. The van der Waals surface area contributed by atoms with Crippen LogP contribution in [0.3, 0.4) is 0 Å². The van der Waals surface area contributed by atoms with Gasteiger partial charge in [0.05, 0.1) is 0 Å². The Bertz CT molecular complexity index is 716. The molecule has 1 heterocycles. The molecule has 5 nitrogen and oxygen atoms in total. The highest BCUT2D eigenvalue weighted by Gasteiger charge is 2.24. The minimum Gasteiger partial charge on any atom is -0.480 e. The molecule has 1 unspecified atom stereocenters. The molecular weight excluding hydrogens is 304 g/mol. The van der Waals surface area contributed by atoms with Crippen LogP contribution in [0.25, 0.3) is 10.9 Å². The van der Waals surface area contributed by atoms with Crippen molar-refractivity contribution in [3.05, 3.63) is 36.0 Å². The molecule has 128 valence electrons. The first-order valence-corrected chi connectivity index (χ1v) is 8.70. The summed E-state index contributed by atoms with van der Waals surface area (Å²) in [4.78, 5) is 26.9. The zero-order chi connectivity index (χ0) is 16.9. The number of hydrogen-bond acceptors (Lipinski definition) is 2. The zero-order valence-corrected chi connectivity index (χ0v) is 13.8. The largest absolute Gasteiger partial charge is 0.480 e. The molecule has 1 amide bonds. The Morgan fingerprint density at radius 3 is 2.71 bits per heavy atom. The fourth-order valence-electron chi connectivity index (χ4n) is 3.63. The fourth-order valence-corrected chi connectivity index (χ4v) is 3.63. The van der Waals surface area contributed by atoms with E-state index >= 15 is 0 Å². The maximum Gasteiger partial charge on any atom is 0.326 e. The maximum atomic E-state index is 12.2. The number of carbonyl (C=O) groups excluding carboxylic acids is 1. The standard InChI is InChI=1S/C19H24N2O3/c22-18(10-13-6-2-1-3-7-13)21-17(19(23)24)11-14-12-20-16-9-5-4-8-15(14)16/h4-5,8-9,12-13,17,20H,1-3,6-7,10-11H2,(H,21,22)(H,23,24). The lowest BCUT2D eigenvalue weighted by Gasteiger charge is -2.22. The van der Waals surface area contributed by atoms with Crippen molar-refractivity contribution in [2.45, 2.75) is 51.0 Å². The molecular formula is C19H24N2O3. The zero-order valence-electron chi connectivity index (χ0n) is 13.8. The number of carboxylic acids is 1. The molecule has 24 heavy (non-hydrogen) atoms. The van der Waals surface area contributed by atoms with Crippen molar-refractivity contribution in [2.24, 2.45) is 5.92 Å². The molecule has 3 rings (SSSR count). The molecule has 0 radical (unpaired) electrons. The summed E-state index contributed by atoms with van der Waals surface area (Å²) in [5.41, 5.74) is 1.89. The average Bonchev–Trinajstić information content (AvgIpc) is 2.98. The van der Waals surface area contributed by atoms with E-state index in [1.165, 1.54) is 19.3 Å². The van der Waals surface area contributed by atoms with Gasteiger partial charge in [0.2, 0.25) is 5.91 Å². The molecule has 1 saturated carbocycles. The summed E-state index contributed by atoms with van der Waals surface area (Å²) in [5.74, 6) is -0.729. The van der Waals surface area contributed by atoms with Gasteiger partial charge in [-0.25, -0.2) is 4.79 Å². The van der Waals surface area contributed by atoms with E-state index in [-0.39, 0.29) is 12.3 Å². The highest BCUT2D eigenvalue weighted by Crippen LogP contribution is 2.26. The van der Waals surface area contributed by atoms with Gasteiger partial charge in [-0.3, -0.25) is 4.79 Å². The lowest BCUT2D eigenvalue weighted by Crippen LogP contribution is -2.42. The van der Waals surface area contributed by atoms with Gasteiger partial charge in [-0.1, -0.05) is 37.5 Å². The summed E-state index contributed by atoms with van der Waals surface area (Å²) in [6.45, 7) is 0. The van der Waals surface area contributed by atoms with Crippen LogP contribution in [-0.2, 0) is 16.0 Å². The number of benzene rings is 1. The van der Waals surface area contributed by atoms with Crippen molar-refractivity contribution in [2.75, 3.05) is 0 Å². The van der Waals surface area contributed by atoms with E-state index in [4.69, 9.17) is 0 Å². The van der Waals surface area contributed by atoms with Crippen LogP contribution in [0.5, 0.6) is 0 Å². The normalized spacial score (nSPS) is 16.8. The Hall–Kier alpha value is -2.30. The van der Waals surface area contributed by atoms with Gasteiger partial charge in [0.25, 0.3) is 0 Å². The van der Waals surface area contributed by atoms with Crippen LogP contribution in [0.1, 0.15) is 44.1 Å². The second kappa shape index (κ2) is 7.51. The van der Waals surface area contributed by atoms with Crippen molar-refractivity contribution < 1.29 is 14.7 Å². The first-order chi connectivity index (χ1) is 11.6. The van der Waals surface area contributed by atoms with Crippen LogP contribution in [0.4, 0.5) is 0 Å². The van der Waals surface area contributed by atoms with Crippen molar-refractivity contribution in [3.8, 4) is 0 Å². The van der Waals surface area contributed by atoms with Crippen LogP contribution >= 0.6 is 0 Å². The Morgan fingerprint density at radius 2 is 1.96 bits per heavy atom. The monoisotopic (exact) mass is 328 g/mol. The van der Waals surface area contributed by atoms with E-state index < -0.39 is 12.0 Å². The number of rotatable bonds is 6. The molecule has 0 bridgehead atoms. The number of hydrogen-bond donors (Lipinski definition) is 3. The van der Waals surface area contributed by atoms with Crippen LogP contribution in [0, 0.1) is 5.92 Å². The van der Waals surface area contributed by atoms with Gasteiger partial charge in [0, 0.05) is 29.9 Å². The number of carbonyl (C=O) groups is 2. The summed E-state index contributed by atoms with van der Waals surface area (Å²) >= 11 is 0. The van der Waals surface area contributed by atoms with Crippen LogP contribution in [0.2, 0.25) is 0 Å². The molecule has 3 N–H and O–H groups in total. The topological polar surface area (TPSA) is 82.2 Å². The minimum absolute atomic E-state index is 0.144. The summed E-state index contributed by atoms with van der Waals surface area (Å²) in [6, 6.07) is 6.89. The third-order valence-corrected chi connectivity index (χ3v) is 4.93. The number of amides is 1. The summed E-state index contributed by atoms with van der Waals surface area (Å²) in [6.07, 6.45) is 8.31. The number of H-pyrrole nitrogens is 1. The summed E-state index contributed by atoms with van der Waals surface area (Å²) in [7, 11) is 0. The first kappa shape index (κ1) is 16.6. The lowest BCUT2D eigenvalue weighted by atomic mass is 9.87. The molecule has 2 aromatic rings. The highest BCUT2D eigenvalue weighted by atomic mass is 16.4. The third kappa shape index (κ3) is 3.96. The number of fused-ring (bicyclic) bond motifs is 1. The fraction of sp³-hybridized carbons (Fsp3) is 0.474. The summed E-state index contributed by atoms with van der Waals surface area (Å²) < 4.78 is 0. The number of aromatic amines is 1. The molecule has 0 saturated heterocycles. The van der Waals surface area contributed by atoms with E-state index in [1.807, 2.05) is 30.5 Å². The number of carboxylic acid groups (broad SMARTS) is 1. The smallest absolute Gasteiger partial charge is 0.326 e. The van der Waals surface area contributed by atoms with Crippen molar-refractivity contribution in [3.63, 3.8) is 0 Å². The molecule has 1 aromatic carbocycles. The van der Waals surface area contributed by atoms with Crippen LogP contribution in [0.15, 0.2) is 30.5 Å². The molecule has 1 fully saturated rings. The Kier molecular flexibility index (Phi) is 5.18. The maximum absolute atomic E-state index is 12.2. The Labute approximate surface area is 141 Å². The second-order valence-electron chi connectivity index (χ2n) is 6.73. The van der Waals surface area contributed by atoms with Gasteiger partial charge >= 0.3 is 5.97 Å². The van der Waals surface area contributed by atoms with E-state index in [0.717, 1.165) is 29.3 Å². The Balaban J connectivity index is 1.64. The van der Waals surface area contributed by atoms with Crippen LogP contribution in [-0.4, -0.2) is 28.0 Å². The number of nitrogens with one attached hydrogen (secondary N) is 2. The SMILES string of the molecule is O=C(CC1CCCCC1)NC(Cc1c[nH]c2ccccc12)C(=O)O. The minimum atomic E-state index is -0.989. The second-order valence-corrected chi connectivity index (χ2v) is 6.73.